The number of carbonyl (C=O) groups is 1. The lowest BCUT2D eigenvalue weighted by atomic mass is 9.86. The predicted molar refractivity (Wildman–Crippen MR) is 128 cm³/mol. The molecule has 2 atom stereocenters. The van der Waals surface area contributed by atoms with Crippen LogP contribution < -0.4 is 10.1 Å². The van der Waals surface area contributed by atoms with Crippen LogP contribution in [-0.4, -0.2) is 11.9 Å². The molecule has 3 rings (SSSR count). The summed E-state index contributed by atoms with van der Waals surface area (Å²) in [6.07, 6.45) is 5.96. The molecule has 1 amide bonds. The number of nitrogens with zero attached hydrogens (tertiary/aromatic N) is 1. The first-order valence-corrected chi connectivity index (χ1v) is 11.7. The van der Waals surface area contributed by atoms with Crippen molar-refractivity contribution in [1.82, 2.24) is 5.32 Å². The highest BCUT2D eigenvalue weighted by molar-refractivity contribution is 9.10. The first kappa shape index (κ1) is 23.7. The first-order valence-electron chi connectivity index (χ1n) is 10.2. The van der Waals surface area contributed by atoms with Gasteiger partial charge in [-0.15, -0.1) is 0 Å². The molecule has 0 radical (unpaired) electrons. The van der Waals surface area contributed by atoms with Crippen molar-refractivity contribution in [3.05, 3.63) is 67.6 Å². The number of rotatable bonds is 6. The maximum Gasteiger partial charge on any atom is 0.262 e. The van der Waals surface area contributed by atoms with Crippen LogP contribution >= 0.6 is 39.1 Å². The largest absolute Gasteiger partial charge is 0.488 e. The first-order chi connectivity index (χ1) is 14.9. The normalized spacial score (nSPS) is 18.9. The number of nitriles is 1. The van der Waals surface area contributed by atoms with Crippen molar-refractivity contribution in [1.29, 1.82) is 5.26 Å². The molecule has 162 valence electrons. The SMILES string of the molecule is C[C@@H]1CCCC[C@H]1NC(=O)/C(C#N)=C/c1ccc(OCc2ccc(Cl)cc2Cl)c(Br)c1. The van der Waals surface area contributed by atoms with E-state index in [0.29, 0.717) is 26.2 Å². The molecule has 0 unspecified atom stereocenters. The maximum absolute atomic E-state index is 12.6. The van der Waals surface area contributed by atoms with Crippen LogP contribution in [0.5, 0.6) is 5.75 Å². The Balaban J connectivity index is 1.68. The molecule has 1 N–H and O–H groups in total. The summed E-state index contributed by atoms with van der Waals surface area (Å²) in [7, 11) is 0. The van der Waals surface area contributed by atoms with Gasteiger partial charge in [-0.2, -0.15) is 5.26 Å². The minimum absolute atomic E-state index is 0.0892. The third-order valence-corrected chi connectivity index (χ3v) is 6.66. The monoisotopic (exact) mass is 520 g/mol. The highest BCUT2D eigenvalue weighted by atomic mass is 79.9. The van der Waals surface area contributed by atoms with Gasteiger partial charge in [0, 0.05) is 21.7 Å². The summed E-state index contributed by atoms with van der Waals surface area (Å²) in [6.45, 7) is 2.43. The molecule has 7 heteroatoms. The van der Waals surface area contributed by atoms with Crippen molar-refractivity contribution in [3.8, 4) is 11.8 Å². The van der Waals surface area contributed by atoms with E-state index in [4.69, 9.17) is 27.9 Å². The molecule has 0 heterocycles. The van der Waals surface area contributed by atoms with Gasteiger partial charge in [0.05, 0.1) is 4.47 Å². The Morgan fingerprint density at radius 1 is 1.26 bits per heavy atom. The summed E-state index contributed by atoms with van der Waals surface area (Å²) >= 11 is 15.6. The number of hydrogen-bond acceptors (Lipinski definition) is 3. The second-order valence-electron chi connectivity index (χ2n) is 7.73. The molecule has 4 nitrogen and oxygen atoms in total. The second-order valence-corrected chi connectivity index (χ2v) is 9.42. The molecule has 0 aromatic heterocycles. The topological polar surface area (TPSA) is 62.1 Å². The minimum atomic E-state index is -0.324. The fourth-order valence-electron chi connectivity index (χ4n) is 3.61. The molecule has 2 aromatic rings. The molecule has 1 aliphatic rings. The van der Waals surface area contributed by atoms with Gasteiger partial charge in [-0.1, -0.05) is 55.1 Å². The van der Waals surface area contributed by atoms with Gasteiger partial charge in [-0.3, -0.25) is 4.79 Å². The predicted octanol–water partition coefficient (Wildman–Crippen LogP) is 6.94. The fraction of sp³-hybridized carbons (Fsp3) is 0.333. The van der Waals surface area contributed by atoms with E-state index in [0.717, 1.165) is 30.4 Å². The van der Waals surface area contributed by atoms with E-state index in [1.807, 2.05) is 18.2 Å². The van der Waals surface area contributed by atoms with Gasteiger partial charge in [-0.05, 0) is 70.6 Å². The van der Waals surface area contributed by atoms with Crippen molar-refractivity contribution in [2.45, 2.75) is 45.3 Å². The molecule has 0 spiro atoms. The highest BCUT2D eigenvalue weighted by Gasteiger charge is 2.24. The summed E-state index contributed by atoms with van der Waals surface area (Å²) in [4.78, 5) is 12.6. The molecule has 31 heavy (non-hydrogen) atoms. The fourth-order valence-corrected chi connectivity index (χ4v) is 4.58. The molecular weight excluding hydrogens is 499 g/mol. The lowest BCUT2D eigenvalue weighted by Crippen LogP contribution is -2.41. The van der Waals surface area contributed by atoms with Crippen molar-refractivity contribution in [2.75, 3.05) is 0 Å². The van der Waals surface area contributed by atoms with Crippen LogP contribution in [0.25, 0.3) is 6.08 Å². The van der Waals surface area contributed by atoms with Gasteiger partial charge < -0.3 is 10.1 Å². The maximum atomic E-state index is 12.6. The van der Waals surface area contributed by atoms with E-state index < -0.39 is 0 Å². The summed E-state index contributed by atoms with van der Waals surface area (Å²) in [5.74, 6) is 0.731. The quantitative estimate of drug-likeness (QED) is 0.331. The van der Waals surface area contributed by atoms with Crippen LogP contribution in [0.1, 0.15) is 43.7 Å². The zero-order chi connectivity index (χ0) is 22.4. The lowest BCUT2D eigenvalue weighted by Gasteiger charge is -2.29. The van der Waals surface area contributed by atoms with Crippen LogP contribution in [0, 0.1) is 17.2 Å². The van der Waals surface area contributed by atoms with E-state index in [1.165, 1.54) is 6.42 Å². The Hall–Kier alpha value is -2.00. The van der Waals surface area contributed by atoms with E-state index in [-0.39, 0.29) is 24.1 Å². The van der Waals surface area contributed by atoms with Gasteiger partial charge in [-0.25, -0.2) is 0 Å². The second kappa shape index (κ2) is 11.0. The number of amides is 1. The summed E-state index contributed by atoms with van der Waals surface area (Å²) in [5, 5.41) is 13.6. The third-order valence-electron chi connectivity index (χ3n) is 5.46. The van der Waals surface area contributed by atoms with Crippen LogP contribution in [0.2, 0.25) is 10.0 Å². The van der Waals surface area contributed by atoms with Crippen LogP contribution in [0.15, 0.2) is 46.4 Å². The number of benzene rings is 2. The Kier molecular flexibility index (Phi) is 8.43. The van der Waals surface area contributed by atoms with Gasteiger partial charge >= 0.3 is 0 Å². The van der Waals surface area contributed by atoms with Gasteiger partial charge in [0.2, 0.25) is 0 Å². The zero-order valence-electron chi connectivity index (χ0n) is 17.1. The minimum Gasteiger partial charge on any atom is -0.488 e. The molecule has 1 aliphatic carbocycles. The molecule has 1 fully saturated rings. The standard InChI is InChI=1S/C24H23BrCl2N2O2/c1-15-4-2-3-5-22(15)29-24(30)18(13-28)10-16-6-9-23(20(25)11-16)31-14-17-7-8-19(26)12-21(17)27/h6-12,15,22H,2-5,14H2,1H3,(H,29,30)/b18-10+/t15-,22-/m1/s1. The van der Waals surface area contributed by atoms with Crippen molar-refractivity contribution < 1.29 is 9.53 Å². The third kappa shape index (κ3) is 6.49. The van der Waals surface area contributed by atoms with Gasteiger partial charge in [0.15, 0.2) is 0 Å². The number of ether oxygens (including phenoxy) is 1. The molecule has 1 saturated carbocycles. The average molecular weight is 522 g/mol. The molecular formula is C24H23BrCl2N2O2. The number of nitrogens with one attached hydrogen (secondary N) is 1. The van der Waals surface area contributed by atoms with E-state index in [2.05, 4.69) is 28.2 Å². The van der Waals surface area contributed by atoms with Crippen LogP contribution in [0.4, 0.5) is 0 Å². The van der Waals surface area contributed by atoms with Gasteiger partial charge in [0.25, 0.3) is 5.91 Å². The highest BCUT2D eigenvalue weighted by Crippen LogP contribution is 2.29. The smallest absolute Gasteiger partial charge is 0.262 e. The van der Waals surface area contributed by atoms with Crippen LogP contribution in [0.3, 0.4) is 0 Å². The Bertz CT molecular complexity index is 1030. The van der Waals surface area contributed by atoms with E-state index in [9.17, 15) is 10.1 Å². The Morgan fingerprint density at radius 3 is 2.71 bits per heavy atom. The van der Waals surface area contributed by atoms with Crippen molar-refractivity contribution in [3.63, 3.8) is 0 Å². The molecule has 2 aromatic carbocycles. The molecule has 0 bridgehead atoms. The Morgan fingerprint density at radius 2 is 2.03 bits per heavy atom. The molecule has 0 aliphatic heterocycles. The number of hydrogen-bond donors (Lipinski definition) is 1. The van der Waals surface area contributed by atoms with Crippen molar-refractivity contribution in [2.24, 2.45) is 5.92 Å². The number of carbonyl (C=O) groups excluding carboxylic acids is 1. The Labute approximate surface area is 201 Å². The average Bonchev–Trinajstić information content (AvgIpc) is 2.74. The van der Waals surface area contributed by atoms with Crippen LogP contribution in [-0.2, 0) is 11.4 Å². The zero-order valence-corrected chi connectivity index (χ0v) is 20.2. The summed E-state index contributed by atoms with van der Waals surface area (Å²) < 4.78 is 6.56. The summed E-state index contributed by atoms with van der Waals surface area (Å²) in [5.41, 5.74) is 1.64. The van der Waals surface area contributed by atoms with Crippen molar-refractivity contribution >= 4 is 51.1 Å². The summed E-state index contributed by atoms with van der Waals surface area (Å²) in [6, 6.07) is 12.8. The van der Waals surface area contributed by atoms with E-state index >= 15 is 0 Å². The van der Waals surface area contributed by atoms with E-state index in [1.54, 1.807) is 30.3 Å². The van der Waals surface area contributed by atoms with Gasteiger partial charge in [0.1, 0.15) is 24.0 Å². The lowest BCUT2D eigenvalue weighted by molar-refractivity contribution is -0.118. The number of halogens is 3. The molecule has 0 saturated heterocycles.